The van der Waals surface area contributed by atoms with Crippen LogP contribution in [0.5, 0.6) is 0 Å². The van der Waals surface area contributed by atoms with Gasteiger partial charge in [0.05, 0.1) is 23.9 Å². The fourth-order valence-electron chi connectivity index (χ4n) is 1.87. The molecule has 5 nitrogen and oxygen atoms in total. The summed E-state index contributed by atoms with van der Waals surface area (Å²) in [7, 11) is 1.26. The zero-order valence-electron chi connectivity index (χ0n) is 11.8. The van der Waals surface area contributed by atoms with Crippen LogP contribution in [0.15, 0.2) is 42.5 Å². The third kappa shape index (κ3) is 3.76. The maximum absolute atomic E-state index is 12.2. The summed E-state index contributed by atoms with van der Waals surface area (Å²) in [5.41, 5.74) is 7.13. The molecule has 0 heterocycles. The van der Waals surface area contributed by atoms with Gasteiger partial charge in [-0.3, -0.25) is 0 Å². The minimum absolute atomic E-state index is 0.0605. The normalized spacial score (nSPS) is 10.1. The van der Waals surface area contributed by atoms with Crippen molar-refractivity contribution in [1.29, 1.82) is 0 Å². The van der Waals surface area contributed by atoms with Gasteiger partial charge < -0.3 is 15.2 Å². The zero-order valence-corrected chi connectivity index (χ0v) is 14.0. The number of benzene rings is 2. The Morgan fingerprint density at radius 3 is 2.27 bits per heavy atom. The van der Waals surface area contributed by atoms with Gasteiger partial charge in [0, 0.05) is 3.57 Å². The first-order valence-corrected chi connectivity index (χ1v) is 7.49. The highest BCUT2D eigenvalue weighted by atomic mass is 127. The lowest BCUT2D eigenvalue weighted by molar-refractivity contribution is 0.0474. The van der Waals surface area contributed by atoms with Gasteiger partial charge in [-0.1, -0.05) is 30.3 Å². The van der Waals surface area contributed by atoms with Crippen molar-refractivity contribution in [3.8, 4) is 0 Å². The van der Waals surface area contributed by atoms with Gasteiger partial charge in [-0.15, -0.1) is 0 Å². The van der Waals surface area contributed by atoms with Crippen LogP contribution < -0.4 is 5.73 Å². The summed E-state index contributed by atoms with van der Waals surface area (Å²) in [5.74, 6) is -1.17. The number of ether oxygens (including phenoxy) is 2. The molecule has 0 radical (unpaired) electrons. The predicted octanol–water partition coefficient (Wildman–Crippen LogP) is 3.02. The number of nitrogens with two attached hydrogens (primary N) is 1. The molecule has 22 heavy (non-hydrogen) atoms. The van der Waals surface area contributed by atoms with E-state index in [1.807, 2.05) is 52.9 Å². The molecule has 0 amide bonds. The molecule has 2 N–H and O–H groups in total. The number of hydrogen-bond donors (Lipinski definition) is 1. The fourth-order valence-corrected chi connectivity index (χ4v) is 2.49. The molecule has 0 bridgehead atoms. The highest BCUT2D eigenvalue weighted by Crippen LogP contribution is 2.23. The van der Waals surface area contributed by atoms with Gasteiger partial charge in [-0.05, 0) is 40.3 Å². The molecule has 0 saturated heterocycles. The van der Waals surface area contributed by atoms with Gasteiger partial charge >= 0.3 is 11.9 Å². The molecule has 0 spiro atoms. The molecule has 0 aliphatic carbocycles. The number of hydrogen-bond acceptors (Lipinski definition) is 5. The lowest BCUT2D eigenvalue weighted by atomic mass is 10.1. The van der Waals surface area contributed by atoms with Crippen LogP contribution in [-0.4, -0.2) is 19.0 Å². The van der Waals surface area contributed by atoms with E-state index >= 15 is 0 Å². The Morgan fingerprint density at radius 1 is 1.09 bits per heavy atom. The van der Waals surface area contributed by atoms with E-state index in [1.165, 1.54) is 7.11 Å². The van der Waals surface area contributed by atoms with Gasteiger partial charge in [0.25, 0.3) is 0 Å². The van der Waals surface area contributed by atoms with E-state index < -0.39 is 11.9 Å². The van der Waals surface area contributed by atoms with Gasteiger partial charge in [0.15, 0.2) is 0 Å². The van der Waals surface area contributed by atoms with Crippen LogP contribution in [0.2, 0.25) is 0 Å². The number of carbonyl (C=O) groups is 2. The molecule has 0 atom stereocenters. The first kappa shape index (κ1) is 16.3. The Labute approximate surface area is 141 Å². The summed E-state index contributed by atoms with van der Waals surface area (Å²) >= 11 is 2.00. The van der Waals surface area contributed by atoms with E-state index in [4.69, 9.17) is 10.5 Å². The topological polar surface area (TPSA) is 78.6 Å². The van der Waals surface area contributed by atoms with E-state index in [-0.39, 0.29) is 23.4 Å². The van der Waals surface area contributed by atoms with Crippen LogP contribution in [0.3, 0.4) is 0 Å². The average molecular weight is 411 g/mol. The van der Waals surface area contributed by atoms with E-state index in [1.54, 1.807) is 12.1 Å². The van der Waals surface area contributed by atoms with E-state index in [0.717, 1.165) is 5.56 Å². The highest BCUT2D eigenvalue weighted by Gasteiger charge is 2.20. The van der Waals surface area contributed by atoms with E-state index in [0.29, 0.717) is 3.57 Å². The van der Waals surface area contributed by atoms with Gasteiger partial charge in [0.1, 0.15) is 6.61 Å². The predicted molar refractivity (Wildman–Crippen MR) is 90.5 cm³/mol. The van der Waals surface area contributed by atoms with E-state index in [9.17, 15) is 9.59 Å². The third-order valence-corrected chi connectivity index (χ3v) is 3.61. The summed E-state index contributed by atoms with van der Waals surface area (Å²) in [4.78, 5) is 23.9. The number of rotatable bonds is 4. The average Bonchev–Trinajstić information content (AvgIpc) is 2.54. The monoisotopic (exact) mass is 411 g/mol. The smallest absolute Gasteiger partial charge is 0.340 e. The van der Waals surface area contributed by atoms with Crippen LogP contribution >= 0.6 is 22.6 Å². The van der Waals surface area contributed by atoms with Crippen molar-refractivity contribution in [2.24, 2.45) is 0 Å². The quantitative estimate of drug-likeness (QED) is 0.476. The Kier molecular flexibility index (Phi) is 5.37. The van der Waals surface area contributed by atoms with Gasteiger partial charge in [-0.2, -0.15) is 0 Å². The second-order valence-corrected chi connectivity index (χ2v) is 5.71. The molecule has 6 heteroatoms. The molecule has 0 aliphatic rings. The number of esters is 2. The summed E-state index contributed by atoms with van der Waals surface area (Å²) < 4.78 is 10.6. The second kappa shape index (κ2) is 7.26. The number of halogens is 1. The Balaban J connectivity index is 2.22. The SMILES string of the molecule is COC(=O)c1cc(I)cc(C(=O)OCc2ccccc2)c1N. The maximum Gasteiger partial charge on any atom is 0.340 e. The van der Waals surface area contributed by atoms with Crippen molar-refractivity contribution in [3.05, 3.63) is 62.7 Å². The summed E-state index contributed by atoms with van der Waals surface area (Å²) in [6, 6.07) is 12.4. The van der Waals surface area contributed by atoms with Crippen molar-refractivity contribution < 1.29 is 19.1 Å². The lowest BCUT2D eigenvalue weighted by Crippen LogP contribution is -2.13. The summed E-state index contributed by atoms with van der Waals surface area (Å²) in [6.07, 6.45) is 0. The lowest BCUT2D eigenvalue weighted by Gasteiger charge is -2.11. The second-order valence-electron chi connectivity index (χ2n) is 4.47. The summed E-state index contributed by atoms with van der Waals surface area (Å²) in [6.45, 7) is 0.137. The molecule has 0 aromatic heterocycles. The molecule has 114 valence electrons. The Morgan fingerprint density at radius 2 is 1.68 bits per heavy atom. The molecule has 0 saturated carbocycles. The number of methoxy groups -OCH3 is 1. The number of carbonyl (C=O) groups excluding carboxylic acids is 2. The molecule has 2 aromatic carbocycles. The van der Waals surface area contributed by atoms with Crippen molar-refractivity contribution >= 4 is 40.2 Å². The number of anilines is 1. The third-order valence-electron chi connectivity index (χ3n) is 2.98. The van der Waals surface area contributed by atoms with Crippen molar-refractivity contribution in [1.82, 2.24) is 0 Å². The van der Waals surface area contributed by atoms with Crippen molar-refractivity contribution in [2.75, 3.05) is 12.8 Å². The minimum Gasteiger partial charge on any atom is -0.465 e. The molecule has 0 aliphatic heterocycles. The highest BCUT2D eigenvalue weighted by molar-refractivity contribution is 14.1. The van der Waals surface area contributed by atoms with Crippen molar-refractivity contribution in [2.45, 2.75) is 6.61 Å². The molecule has 2 rings (SSSR count). The van der Waals surface area contributed by atoms with Crippen LogP contribution in [0.25, 0.3) is 0 Å². The minimum atomic E-state index is -0.590. The van der Waals surface area contributed by atoms with Crippen LogP contribution in [-0.2, 0) is 16.1 Å². The van der Waals surface area contributed by atoms with Gasteiger partial charge in [0.2, 0.25) is 0 Å². The summed E-state index contributed by atoms with van der Waals surface area (Å²) in [5, 5.41) is 0. The zero-order chi connectivity index (χ0) is 16.1. The van der Waals surface area contributed by atoms with Crippen LogP contribution in [0, 0.1) is 3.57 Å². The molecular weight excluding hydrogens is 397 g/mol. The molecular formula is C16H14INO4. The first-order valence-electron chi connectivity index (χ1n) is 6.41. The Bertz CT molecular complexity index is 701. The van der Waals surface area contributed by atoms with E-state index in [2.05, 4.69) is 4.74 Å². The van der Waals surface area contributed by atoms with Gasteiger partial charge in [-0.25, -0.2) is 9.59 Å². The number of nitrogen functional groups attached to an aromatic ring is 1. The molecule has 0 unspecified atom stereocenters. The van der Waals surface area contributed by atoms with Crippen molar-refractivity contribution in [3.63, 3.8) is 0 Å². The van der Waals surface area contributed by atoms with Crippen LogP contribution in [0.1, 0.15) is 26.3 Å². The first-order chi connectivity index (χ1) is 10.5. The standard InChI is InChI=1S/C16H14INO4/c1-21-15(19)12-7-11(17)8-13(14(12)18)16(20)22-9-10-5-3-2-4-6-10/h2-8H,9,18H2,1H3. The maximum atomic E-state index is 12.2. The fraction of sp³-hybridized carbons (Fsp3) is 0.125. The molecule has 0 fully saturated rings. The Hall–Kier alpha value is -2.09. The van der Waals surface area contributed by atoms with Crippen LogP contribution in [0.4, 0.5) is 5.69 Å². The molecule has 2 aromatic rings. The largest absolute Gasteiger partial charge is 0.465 e.